The van der Waals surface area contributed by atoms with Crippen LogP contribution in [0.5, 0.6) is 5.75 Å². The normalized spacial score (nSPS) is 12.2. The summed E-state index contributed by atoms with van der Waals surface area (Å²) in [4.78, 5) is 29.3. The topological polar surface area (TPSA) is 95.6 Å². The third kappa shape index (κ3) is 6.62. The summed E-state index contributed by atoms with van der Waals surface area (Å²) in [5.41, 5.74) is 3.95. The Bertz CT molecular complexity index is 1790. The number of carbonyl (C=O) groups excluding carboxylic acids is 2. The molecule has 9 heteroatoms. The Hall–Kier alpha value is -4.11. The highest BCUT2D eigenvalue weighted by molar-refractivity contribution is 7.13. The molecular weight excluding hydrogens is 562 g/mol. The van der Waals surface area contributed by atoms with Crippen LogP contribution in [-0.2, 0) is 32.7 Å². The number of ether oxygens (including phenoxy) is 2. The lowest BCUT2D eigenvalue weighted by Gasteiger charge is -2.24. The van der Waals surface area contributed by atoms with Crippen LogP contribution in [-0.4, -0.2) is 40.7 Å². The van der Waals surface area contributed by atoms with Crippen LogP contribution in [0.25, 0.3) is 32.6 Å². The minimum atomic E-state index is -1.04. The molecule has 5 rings (SSSR count). The summed E-state index contributed by atoms with van der Waals surface area (Å²) in [7, 11) is 1.59. The molecule has 0 radical (unpaired) electrons. The van der Waals surface area contributed by atoms with Gasteiger partial charge in [-0.05, 0) is 74.7 Å². The zero-order valence-corrected chi connectivity index (χ0v) is 26.7. The van der Waals surface area contributed by atoms with E-state index in [0.29, 0.717) is 25.3 Å². The van der Waals surface area contributed by atoms with Gasteiger partial charge < -0.3 is 23.8 Å². The Balaban J connectivity index is 1.45. The summed E-state index contributed by atoms with van der Waals surface area (Å²) in [5.74, 6) is 0.913. The molecule has 0 saturated carbocycles. The quantitative estimate of drug-likeness (QED) is 0.169. The van der Waals surface area contributed by atoms with E-state index in [1.165, 1.54) is 0 Å². The Morgan fingerprint density at radius 1 is 1.07 bits per heavy atom. The lowest BCUT2D eigenvalue weighted by Crippen LogP contribution is -2.45. The van der Waals surface area contributed by atoms with Gasteiger partial charge in [-0.1, -0.05) is 26.8 Å². The number of carbonyl (C=O) groups is 2. The standard InChI is InChI=1S/C34H39N3O5S/c1-8-40-30(38)14-10-22-19-37(26-12-11-24(17-25(22)26)42-34(5,6)32(39)35-7)18-21-9-13-27-23(15-21)16-28(41-27)31-36-29(20-43-31)33(2,3)4/h9,11-13,15-17,19-20H,8,10,14,18H2,1-7H3,(H,35,39). The number of fused-ring (bicyclic) bond motifs is 2. The van der Waals surface area contributed by atoms with E-state index >= 15 is 0 Å². The molecule has 0 spiro atoms. The number of nitrogens with one attached hydrogen (secondary N) is 1. The van der Waals surface area contributed by atoms with E-state index in [9.17, 15) is 9.59 Å². The Labute approximate surface area is 256 Å². The van der Waals surface area contributed by atoms with E-state index < -0.39 is 5.60 Å². The number of likely N-dealkylation sites (N-methyl/N-ethyl adjacent to an activating group) is 1. The molecule has 0 bridgehead atoms. The van der Waals surface area contributed by atoms with Gasteiger partial charge in [0.15, 0.2) is 16.4 Å². The minimum Gasteiger partial charge on any atom is -0.478 e. The van der Waals surface area contributed by atoms with E-state index in [0.717, 1.165) is 49.5 Å². The van der Waals surface area contributed by atoms with Crippen molar-refractivity contribution in [2.24, 2.45) is 0 Å². The monoisotopic (exact) mass is 601 g/mol. The molecule has 8 nitrogen and oxygen atoms in total. The number of rotatable bonds is 10. The van der Waals surface area contributed by atoms with Crippen molar-refractivity contribution in [2.45, 2.75) is 71.9 Å². The van der Waals surface area contributed by atoms with Gasteiger partial charge in [-0.2, -0.15) is 0 Å². The fourth-order valence-electron chi connectivity index (χ4n) is 5.08. The van der Waals surface area contributed by atoms with E-state index in [4.69, 9.17) is 18.9 Å². The van der Waals surface area contributed by atoms with Gasteiger partial charge in [0.2, 0.25) is 0 Å². The molecule has 43 heavy (non-hydrogen) atoms. The first-order chi connectivity index (χ1) is 20.4. The van der Waals surface area contributed by atoms with Gasteiger partial charge in [0.05, 0.1) is 12.3 Å². The maximum absolute atomic E-state index is 12.3. The third-order valence-electron chi connectivity index (χ3n) is 7.40. The predicted molar refractivity (Wildman–Crippen MR) is 171 cm³/mol. The largest absolute Gasteiger partial charge is 0.478 e. The van der Waals surface area contributed by atoms with Crippen LogP contribution in [0.1, 0.15) is 64.8 Å². The van der Waals surface area contributed by atoms with Crippen molar-refractivity contribution in [2.75, 3.05) is 13.7 Å². The SMILES string of the molecule is CCOC(=O)CCc1cn(Cc2ccc3oc(-c4nc(C(C)(C)C)cs4)cc3c2)c2ccc(OC(C)(C)C(=O)NC)cc12. The molecule has 3 aromatic heterocycles. The zero-order chi connectivity index (χ0) is 30.9. The molecule has 0 saturated heterocycles. The highest BCUT2D eigenvalue weighted by Crippen LogP contribution is 2.34. The van der Waals surface area contributed by atoms with E-state index in [1.807, 2.05) is 31.2 Å². The number of benzene rings is 2. The first-order valence-electron chi connectivity index (χ1n) is 14.6. The number of aryl methyl sites for hydroxylation is 1. The first kappa shape index (κ1) is 30.4. The van der Waals surface area contributed by atoms with Crippen molar-refractivity contribution in [3.63, 3.8) is 0 Å². The van der Waals surface area contributed by atoms with Gasteiger partial charge >= 0.3 is 5.97 Å². The Kier molecular flexibility index (Phi) is 8.38. The maximum Gasteiger partial charge on any atom is 0.306 e. The second-order valence-corrected chi connectivity index (χ2v) is 13.1. The van der Waals surface area contributed by atoms with Crippen LogP contribution in [0, 0.1) is 0 Å². The molecule has 0 fully saturated rings. The zero-order valence-electron chi connectivity index (χ0n) is 25.9. The van der Waals surface area contributed by atoms with Gasteiger partial charge in [-0.3, -0.25) is 9.59 Å². The lowest BCUT2D eigenvalue weighted by atomic mass is 9.93. The van der Waals surface area contributed by atoms with Crippen molar-refractivity contribution in [1.82, 2.24) is 14.9 Å². The van der Waals surface area contributed by atoms with Gasteiger partial charge in [0.25, 0.3) is 5.91 Å². The second kappa shape index (κ2) is 11.9. The fraction of sp³-hybridized carbons (Fsp3) is 0.382. The Morgan fingerprint density at radius 3 is 2.56 bits per heavy atom. The number of hydrogen-bond acceptors (Lipinski definition) is 7. The summed E-state index contributed by atoms with van der Waals surface area (Å²) in [6.45, 7) is 12.7. The van der Waals surface area contributed by atoms with Crippen LogP contribution in [0.2, 0.25) is 0 Å². The molecule has 5 aromatic rings. The molecule has 1 N–H and O–H groups in total. The summed E-state index contributed by atoms with van der Waals surface area (Å²) in [5, 5.41) is 7.62. The van der Waals surface area contributed by atoms with Gasteiger partial charge in [-0.15, -0.1) is 11.3 Å². The van der Waals surface area contributed by atoms with Crippen LogP contribution in [0.3, 0.4) is 0 Å². The van der Waals surface area contributed by atoms with Crippen LogP contribution in [0.15, 0.2) is 58.5 Å². The predicted octanol–water partition coefficient (Wildman–Crippen LogP) is 7.26. The highest BCUT2D eigenvalue weighted by atomic mass is 32.1. The molecule has 1 amide bonds. The second-order valence-electron chi connectivity index (χ2n) is 12.2. The molecule has 3 heterocycles. The highest BCUT2D eigenvalue weighted by Gasteiger charge is 2.29. The fourth-order valence-corrected chi connectivity index (χ4v) is 6.08. The number of aromatic nitrogens is 2. The van der Waals surface area contributed by atoms with Gasteiger partial charge in [0, 0.05) is 53.3 Å². The molecular formula is C34H39N3O5S. The average molecular weight is 602 g/mol. The number of amides is 1. The van der Waals surface area contributed by atoms with E-state index in [1.54, 1.807) is 32.2 Å². The molecule has 226 valence electrons. The van der Waals surface area contributed by atoms with Crippen molar-refractivity contribution >= 4 is 45.1 Å². The van der Waals surface area contributed by atoms with Gasteiger partial charge in [-0.25, -0.2) is 4.98 Å². The molecule has 0 aliphatic heterocycles. The van der Waals surface area contributed by atoms with E-state index in [2.05, 4.69) is 60.4 Å². The number of furan rings is 1. The molecule has 0 aliphatic rings. The van der Waals surface area contributed by atoms with Crippen LogP contribution >= 0.6 is 11.3 Å². The van der Waals surface area contributed by atoms with Crippen molar-refractivity contribution in [1.29, 1.82) is 0 Å². The average Bonchev–Trinajstić information content (AvgIpc) is 3.68. The summed E-state index contributed by atoms with van der Waals surface area (Å²) in [6.07, 6.45) is 2.89. The number of thiazole rings is 1. The summed E-state index contributed by atoms with van der Waals surface area (Å²) in [6, 6.07) is 14.1. The van der Waals surface area contributed by atoms with Crippen molar-refractivity contribution in [3.8, 4) is 16.5 Å². The summed E-state index contributed by atoms with van der Waals surface area (Å²) < 4.78 is 19.6. The minimum absolute atomic E-state index is 0.0180. The van der Waals surface area contributed by atoms with Crippen LogP contribution < -0.4 is 10.1 Å². The van der Waals surface area contributed by atoms with Gasteiger partial charge in [0.1, 0.15) is 11.3 Å². The first-order valence-corrected chi connectivity index (χ1v) is 15.4. The molecule has 0 atom stereocenters. The van der Waals surface area contributed by atoms with Crippen molar-refractivity contribution in [3.05, 3.63) is 70.9 Å². The molecule has 0 aliphatic carbocycles. The Morgan fingerprint density at radius 2 is 1.86 bits per heavy atom. The lowest BCUT2D eigenvalue weighted by molar-refractivity contribution is -0.143. The smallest absolute Gasteiger partial charge is 0.306 e. The number of nitrogens with zero attached hydrogens (tertiary/aromatic N) is 2. The summed E-state index contributed by atoms with van der Waals surface area (Å²) >= 11 is 1.60. The third-order valence-corrected chi connectivity index (χ3v) is 8.26. The molecule has 2 aromatic carbocycles. The molecule has 0 unspecified atom stereocenters. The van der Waals surface area contributed by atoms with E-state index in [-0.39, 0.29) is 23.7 Å². The number of hydrogen-bond donors (Lipinski definition) is 1. The van der Waals surface area contributed by atoms with Crippen molar-refractivity contribution < 1.29 is 23.5 Å². The maximum atomic E-state index is 12.3. The van der Waals surface area contributed by atoms with Crippen LogP contribution in [0.4, 0.5) is 0 Å². The number of esters is 1.